The number of nitrogens with zero attached hydrogens (tertiary/aromatic N) is 1. The van der Waals surface area contributed by atoms with Crippen molar-refractivity contribution >= 4 is 21.8 Å². The van der Waals surface area contributed by atoms with Crippen LogP contribution in [0.2, 0.25) is 0 Å². The quantitative estimate of drug-likeness (QED) is 0.665. The average Bonchev–Trinajstić information content (AvgIpc) is 2.32. The van der Waals surface area contributed by atoms with Gasteiger partial charge in [0.2, 0.25) is 0 Å². The van der Waals surface area contributed by atoms with Crippen molar-refractivity contribution in [1.82, 2.24) is 4.90 Å². The second-order valence-electron chi connectivity index (χ2n) is 4.66. The zero-order chi connectivity index (χ0) is 12.3. The van der Waals surface area contributed by atoms with E-state index in [-0.39, 0.29) is 5.92 Å². The SMILES string of the molecule is N=C(N)C1CCCN(Cc2ccc(Br)cc2)C1. The van der Waals surface area contributed by atoms with Crippen LogP contribution in [-0.2, 0) is 6.54 Å². The number of hydrogen-bond donors (Lipinski definition) is 2. The molecule has 0 aromatic heterocycles. The van der Waals surface area contributed by atoms with Gasteiger partial charge in [-0.15, -0.1) is 0 Å². The van der Waals surface area contributed by atoms with E-state index in [0.717, 1.165) is 36.9 Å². The fraction of sp³-hybridized carbons (Fsp3) is 0.462. The molecule has 0 amide bonds. The molecule has 2 rings (SSSR count). The predicted molar refractivity (Wildman–Crippen MR) is 74.1 cm³/mol. The molecule has 1 atom stereocenters. The highest BCUT2D eigenvalue weighted by Crippen LogP contribution is 2.19. The van der Waals surface area contributed by atoms with Gasteiger partial charge < -0.3 is 5.73 Å². The van der Waals surface area contributed by atoms with Gasteiger partial charge in [-0.3, -0.25) is 10.3 Å². The Morgan fingerprint density at radius 2 is 2.12 bits per heavy atom. The molecule has 1 fully saturated rings. The van der Waals surface area contributed by atoms with Gasteiger partial charge >= 0.3 is 0 Å². The fourth-order valence-electron chi connectivity index (χ4n) is 2.30. The zero-order valence-electron chi connectivity index (χ0n) is 9.82. The van der Waals surface area contributed by atoms with Crippen LogP contribution in [0.15, 0.2) is 28.7 Å². The van der Waals surface area contributed by atoms with Gasteiger partial charge in [0.05, 0.1) is 5.84 Å². The van der Waals surface area contributed by atoms with E-state index in [4.69, 9.17) is 11.1 Å². The Morgan fingerprint density at radius 3 is 2.76 bits per heavy atom. The molecule has 17 heavy (non-hydrogen) atoms. The number of nitrogens with one attached hydrogen (secondary N) is 1. The van der Waals surface area contributed by atoms with E-state index in [2.05, 4.69) is 45.1 Å². The lowest BCUT2D eigenvalue weighted by Crippen LogP contribution is -2.40. The molecule has 0 bridgehead atoms. The number of hydrogen-bond acceptors (Lipinski definition) is 2. The number of benzene rings is 1. The van der Waals surface area contributed by atoms with E-state index < -0.39 is 0 Å². The summed E-state index contributed by atoms with van der Waals surface area (Å²) in [6.07, 6.45) is 2.20. The summed E-state index contributed by atoms with van der Waals surface area (Å²) >= 11 is 3.44. The summed E-state index contributed by atoms with van der Waals surface area (Å²) in [4.78, 5) is 2.39. The summed E-state index contributed by atoms with van der Waals surface area (Å²) in [5.41, 5.74) is 6.91. The molecule has 1 saturated heterocycles. The third-order valence-electron chi connectivity index (χ3n) is 3.26. The molecule has 0 radical (unpaired) electrons. The Morgan fingerprint density at radius 1 is 1.41 bits per heavy atom. The van der Waals surface area contributed by atoms with E-state index in [1.54, 1.807) is 0 Å². The molecule has 92 valence electrons. The van der Waals surface area contributed by atoms with Crippen LogP contribution < -0.4 is 5.73 Å². The van der Waals surface area contributed by atoms with E-state index in [9.17, 15) is 0 Å². The summed E-state index contributed by atoms with van der Waals surface area (Å²) in [7, 11) is 0. The number of amidine groups is 1. The Hall–Kier alpha value is -0.870. The Kier molecular flexibility index (Phi) is 4.18. The van der Waals surface area contributed by atoms with Crippen LogP contribution in [0.5, 0.6) is 0 Å². The monoisotopic (exact) mass is 295 g/mol. The molecule has 1 aromatic carbocycles. The number of piperidine rings is 1. The van der Waals surface area contributed by atoms with Crippen molar-refractivity contribution in [3.05, 3.63) is 34.3 Å². The van der Waals surface area contributed by atoms with Crippen molar-refractivity contribution in [3.8, 4) is 0 Å². The third-order valence-corrected chi connectivity index (χ3v) is 3.79. The smallest absolute Gasteiger partial charge is 0.0949 e. The molecule has 1 unspecified atom stereocenters. The molecule has 1 heterocycles. The van der Waals surface area contributed by atoms with Gasteiger partial charge in [0.1, 0.15) is 0 Å². The van der Waals surface area contributed by atoms with Gasteiger partial charge in [0.15, 0.2) is 0 Å². The van der Waals surface area contributed by atoms with Crippen molar-refractivity contribution in [2.45, 2.75) is 19.4 Å². The minimum absolute atomic E-state index is 0.249. The molecule has 4 heteroatoms. The second kappa shape index (κ2) is 5.65. The first-order chi connectivity index (χ1) is 8.15. The van der Waals surface area contributed by atoms with Gasteiger partial charge in [0.25, 0.3) is 0 Å². The Labute approximate surface area is 111 Å². The highest BCUT2D eigenvalue weighted by Gasteiger charge is 2.21. The lowest BCUT2D eigenvalue weighted by atomic mass is 9.97. The van der Waals surface area contributed by atoms with Crippen molar-refractivity contribution in [2.24, 2.45) is 11.7 Å². The second-order valence-corrected chi connectivity index (χ2v) is 5.57. The van der Waals surface area contributed by atoms with Crippen LogP contribution in [0.1, 0.15) is 18.4 Å². The molecular weight excluding hydrogens is 278 g/mol. The van der Waals surface area contributed by atoms with E-state index in [0.29, 0.717) is 5.84 Å². The largest absolute Gasteiger partial charge is 0.387 e. The summed E-state index contributed by atoms with van der Waals surface area (Å²) in [5, 5.41) is 7.53. The molecule has 0 aliphatic carbocycles. The number of rotatable bonds is 3. The molecule has 1 aliphatic heterocycles. The number of halogens is 1. The average molecular weight is 296 g/mol. The van der Waals surface area contributed by atoms with E-state index >= 15 is 0 Å². The number of likely N-dealkylation sites (tertiary alicyclic amines) is 1. The first kappa shape index (κ1) is 12.6. The van der Waals surface area contributed by atoms with Crippen LogP contribution in [-0.4, -0.2) is 23.8 Å². The normalized spacial score (nSPS) is 21.4. The summed E-state index contributed by atoms with van der Waals surface area (Å²) < 4.78 is 1.11. The van der Waals surface area contributed by atoms with Crippen molar-refractivity contribution in [1.29, 1.82) is 5.41 Å². The minimum atomic E-state index is 0.249. The van der Waals surface area contributed by atoms with E-state index in [1.807, 2.05) is 0 Å². The lowest BCUT2D eigenvalue weighted by Gasteiger charge is -2.32. The van der Waals surface area contributed by atoms with Gasteiger partial charge in [0, 0.05) is 23.5 Å². The first-order valence-corrected chi connectivity index (χ1v) is 6.75. The maximum Gasteiger partial charge on any atom is 0.0949 e. The Bertz CT molecular complexity index is 388. The number of nitrogens with two attached hydrogens (primary N) is 1. The summed E-state index contributed by atoms with van der Waals surface area (Å²) in [5.74, 6) is 0.588. The molecule has 1 aliphatic rings. The predicted octanol–water partition coefficient (Wildman–Crippen LogP) is 2.60. The molecule has 0 spiro atoms. The van der Waals surface area contributed by atoms with Crippen LogP contribution in [0.4, 0.5) is 0 Å². The molecule has 1 aromatic rings. The van der Waals surface area contributed by atoms with Gasteiger partial charge in [-0.25, -0.2) is 0 Å². The lowest BCUT2D eigenvalue weighted by molar-refractivity contribution is 0.196. The summed E-state index contributed by atoms with van der Waals surface area (Å²) in [6, 6.07) is 8.42. The molecule has 3 N–H and O–H groups in total. The van der Waals surface area contributed by atoms with Crippen LogP contribution in [0, 0.1) is 11.3 Å². The molecule has 0 saturated carbocycles. The van der Waals surface area contributed by atoms with Crippen LogP contribution in [0.25, 0.3) is 0 Å². The minimum Gasteiger partial charge on any atom is -0.387 e. The third kappa shape index (κ3) is 3.54. The standard InChI is InChI=1S/C13H18BrN3/c14-12-5-3-10(4-6-12)8-17-7-1-2-11(9-17)13(15)16/h3-6,11H,1-2,7-9H2,(H3,15,16). The van der Waals surface area contributed by atoms with Crippen molar-refractivity contribution in [3.63, 3.8) is 0 Å². The topological polar surface area (TPSA) is 53.1 Å². The van der Waals surface area contributed by atoms with Crippen molar-refractivity contribution in [2.75, 3.05) is 13.1 Å². The summed E-state index contributed by atoms with van der Waals surface area (Å²) in [6.45, 7) is 2.99. The van der Waals surface area contributed by atoms with Crippen LogP contribution in [0.3, 0.4) is 0 Å². The maximum absolute atomic E-state index is 7.53. The first-order valence-electron chi connectivity index (χ1n) is 5.96. The molecule has 3 nitrogen and oxygen atoms in total. The van der Waals surface area contributed by atoms with E-state index in [1.165, 1.54) is 5.56 Å². The van der Waals surface area contributed by atoms with Crippen LogP contribution >= 0.6 is 15.9 Å². The van der Waals surface area contributed by atoms with Crippen molar-refractivity contribution < 1.29 is 0 Å². The van der Waals surface area contributed by atoms with Gasteiger partial charge in [-0.1, -0.05) is 28.1 Å². The fourth-order valence-corrected chi connectivity index (χ4v) is 2.57. The zero-order valence-corrected chi connectivity index (χ0v) is 11.4. The van der Waals surface area contributed by atoms with Gasteiger partial charge in [-0.2, -0.15) is 0 Å². The highest BCUT2D eigenvalue weighted by atomic mass is 79.9. The Balaban J connectivity index is 1.94. The van der Waals surface area contributed by atoms with Gasteiger partial charge in [-0.05, 0) is 37.1 Å². The highest BCUT2D eigenvalue weighted by molar-refractivity contribution is 9.10. The maximum atomic E-state index is 7.53. The molecular formula is C13H18BrN3.